The molecule has 0 atom stereocenters. The van der Waals surface area contributed by atoms with Crippen LogP contribution in [0.5, 0.6) is 0 Å². The van der Waals surface area contributed by atoms with E-state index in [1.165, 1.54) is 16.9 Å². The molecule has 0 aliphatic rings. The van der Waals surface area contributed by atoms with Crippen LogP contribution in [-0.2, 0) is 0 Å². The molecule has 1 rings (SSSR count). The minimum atomic E-state index is 0.748. The molecular weight excluding hydrogens is 178 g/mol. The number of nitrogens with zero attached hydrogens (tertiary/aromatic N) is 1. The first-order chi connectivity index (χ1) is 6.27. The van der Waals surface area contributed by atoms with Crippen LogP contribution in [0.2, 0.25) is 0 Å². The van der Waals surface area contributed by atoms with Gasteiger partial charge < -0.3 is 0 Å². The summed E-state index contributed by atoms with van der Waals surface area (Å²) >= 11 is 1.86. The van der Waals surface area contributed by atoms with Crippen LogP contribution in [0.25, 0.3) is 0 Å². The van der Waals surface area contributed by atoms with Crippen LogP contribution in [0.4, 0.5) is 0 Å². The van der Waals surface area contributed by atoms with E-state index in [2.05, 4.69) is 19.9 Å². The number of rotatable bonds is 3. The monoisotopic (exact) mass is 191 g/mol. The Hall–Kier alpha value is -0.940. The molecule has 0 fully saturated rings. The van der Waals surface area contributed by atoms with Crippen LogP contribution in [0.3, 0.4) is 0 Å². The quantitative estimate of drug-likeness (QED) is 0.684. The zero-order valence-electron chi connectivity index (χ0n) is 8.00. The Morgan fingerprint density at radius 1 is 1.46 bits per heavy atom. The summed E-state index contributed by atoms with van der Waals surface area (Å²) < 4.78 is 0. The van der Waals surface area contributed by atoms with Gasteiger partial charge in [-0.05, 0) is 42.9 Å². The maximum Gasteiger partial charge on any atom is 0.0991 e. The molecule has 0 spiro atoms. The average Bonchev–Trinajstić information content (AvgIpc) is 2.16. The van der Waals surface area contributed by atoms with Gasteiger partial charge in [-0.3, -0.25) is 0 Å². The van der Waals surface area contributed by atoms with Gasteiger partial charge >= 0.3 is 0 Å². The van der Waals surface area contributed by atoms with Crippen LogP contribution in [0.1, 0.15) is 24.5 Å². The van der Waals surface area contributed by atoms with E-state index in [9.17, 15) is 0 Å². The van der Waals surface area contributed by atoms with Gasteiger partial charge in [0.15, 0.2) is 0 Å². The van der Waals surface area contributed by atoms with Gasteiger partial charge in [-0.2, -0.15) is 5.26 Å². The normalized spacial score (nSPS) is 9.62. The Morgan fingerprint density at radius 2 is 2.23 bits per heavy atom. The van der Waals surface area contributed by atoms with Crippen LogP contribution in [0, 0.1) is 18.3 Å². The SMILES string of the molecule is CCCSc1ccc(C#N)cc1C. The molecule has 0 aromatic heterocycles. The second-order valence-electron chi connectivity index (χ2n) is 2.94. The lowest BCUT2D eigenvalue weighted by Crippen LogP contribution is -1.83. The first-order valence-electron chi connectivity index (χ1n) is 4.41. The van der Waals surface area contributed by atoms with E-state index in [1.807, 2.05) is 30.0 Å². The van der Waals surface area contributed by atoms with Crippen molar-refractivity contribution < 1.29 is 0 Å². The maximum absolute atomic E-state index is 8.67. The van der Waals surface area contributed by atoms with Crippen molar-refractivity contribution in [2.24, 2.45) is 0 Å². The molecule has 0 aliphatic carbocycles. The predicted octanol–water partition coefficient (Wildman–Crippen LogP) is 3.37. The standard InChI is InChI=1S/C11H13NS/c1-3-6-13-11-5-4-10(8-12)7-9(11)2/h4-5,7H,3,6H2,1-2H3. The molecule has 1 aromatic carbocycles. The first-order valence-corrected chi connectivity index (χ1v) is 5.40. The Balaban J connectivity index is 2.81. The fourth-order valence-electron chi connectivity index (χ4n) is 1.09. The molecule has 0 unspecified atom stereocenters. The van der Waals surface area contributed by atoms with Gasteiger partial charge in [0.25, 0.3) is 0 Å². The molecule has 1 nitrogen and oxygen atoms in total. The van der Waals surface area contributed by atoms with Crippen molar-refractivity contribution in [3.63, 3.8) is 0 Å². The summed E-state index contributed by atoms with van der Waals surface area (Å²) in [7, 11) is 0. The summed E-state index contributed by atoms with van der Waals surface area (Å²) in [5.74, 6) is 1.15. The molecule has 0 saturated carbocycles. The second-order valence-corrected chi connectivity index (χ2v) is 4.08. The lowest BCUT2D eigenvalue weighted by molar-refractivity contribution is 1.10. The van der Waals surface area contributed by atoms with E-state index >= 15 is 0 Å². The van der Waals surface area contributed by atoms with Crippen LogP contribution >= 0.6 is 11.8 Å². The third-order valence-corrected chi connectivity index (χ3v) is 3.15. The molecule has 0 amide bonds. The minimum absolute atomic E-state index is 0.748. The molecule has 2 heteroatoms. The average molecular weight is 191 g/mol. The third-order valence-electron chi connectivity index (χ3n) is 1.77. The van der Waals surface area contributed by atoms with Crippen molar-refractivity contribution in [3.05, 3.63) is 29.3 Å². The highest BCUT2D eigenvalue weighted by Crippen LogP contribution is 2.23. The highest BCUT2D eigenvalue weighted by atomic mass is 32.2. The van der Waals surface area contributed by atoms with Crippen LogP contribution < -0.4 is 0 Å². The van der Waals surface area contributed by atoms with Crippen LogP contribution in [-0.4, -0.2) is 5.75 Å². The molecule has 13 heavy (non-hydrogen) atoms. The van der Waals surface area contributed by atoms with Crippen molar-refractivity contribution in [1.29, 1.82) is 5.26 Å². The molecule has 0 heterocycles. The van der Waals surface area contributed by atoms with Crippen LogP contribution in [0.15, 0.2) is 23.1 Å². The number of hydrogen-bond donors (Lipinski definition) is 0. The summed E-state index contributed by atoms with van der Waals surface area (Å²) in [6, 6.07) is 8.00. The predicted molar refractivity (Wildman–Crippen MR) is 56.9 cm³/mol. The van der Waals surface area contributed by atoms with Gasteiger partial charge in [-0.25, -0.2) is 0 Å². The van der Waals surface area contributed by atoms with Crippen molar-refractivity contribution in [1.82, 2.24) is 0 Å². The maximum atomic E-state index is 8.67. The summed E-state index contributed by atoms with van der Waals surface area (Å²) in [4.78, 5) is 1.29. The van der Waals surface area contributed by atoms with Crippen molar-refractivity contribution in [2.75, 3.05) is 5.75 Å². The molecule has 0 N–H and O–H groups in total. The first kappa shape index (κ1) is 10.1. The summed E-state index contributed by atoms with van der Waals surface area (Å²) in [6.45, 7) is 4.23. The smallest absolute Gasteiger partial charge is 0.0991 e. The number of aryl methyl sites for hydroxylation is 1. The number of hydrogen-bond acceptors (Lipinski definition) is 2. The molecule has 68 valence electrons. The fourth-order valence-corrected chi connectivity index (χ4v) is 1.97. The van der Waals surface area contributed by atoms with Crippen molar-refractivity contribution in [3.8, 4) is 6.07 Å². The Kier molecular flexibility index (Phi) is 3.85. The van der Waals surface area contributed by atoms with Gasteiger partial charge in [0.2, 0.25) is 0 Å². The lowest BCUT2D eigenvalue weighted by Gasteiger charge is -2.03. The largest absolute Gasteiger partial charge is 0.192 e. The van der Waals surface area contributed by atoms with E-state index in [4.69, 9.17) is 5.26 Å². The Labute approximate surface area is 83.8 Å². The number of benzene rings is 1. The van der Waals surface area contributed by atoms with E-state index in [1.54, 1.807) is 0 Å². The minimum Gasteiger partial charge on any atom is -0.192 e. The molecular formula is C11H13NS. The van der Waals surface area contributed by atoms with Crippen molar-refractivity contribution in [2.45, 2.75) is 25.2 Å². The molecule has 0 bridgehead atoms. The van der Waals surface area contributed by atoms with Gasteiger partial charge in [0.05, 0.1) is 11.6 Å². The number of thioether (sulfide) groups is 1. The third kappa shape index (κ3) is 2.78. The zero-order chi connectivity index (χ0) is 9.68. The molecule has 0 saturated heterocycles. The summed E-state index contributed by atoms with van der Waals surface area (Å²) in [6.07, 6.45) is 1.18. The lowest BCUT2D eigenvalue weighted by atomic mass is 10.2. The van der Waals surface area contributed by atoms with Gasteiger partial charge in [0, 0.05) is 4.90 Å². The topological polar surface area (TPSA) is 23.8 Å². The molecule has 0 radical (unpaired) electrons. The van der Waals surface area contributed by atoms with E-state index < -0.39 is 0 Å². The van der Waals surface area contributed by atoms with E-state index in [0.717, 1.165) is 11.3 Å². The Morgan fingerprint density at radius 3 is 2.77 bits per heavy atom. The highest BCUT2D eigenvalue weighted by Gasteiger charge is 1.99. The molecule has 0 aliphatic heterocycles. The van der Waals surface area contributed by atoms with Crippen molar-refractivity contribution >= 4 is 11.8 Å². The summed E-state index contributed by atoms with van der Waals surface area (Å²) in [5.41, 5.74) is 1.95. The zero-order valence-corrected chi connectivity index (χ0v) is 8.82. The van der Waals surface area contributed by atoms with Gasteiger partial charge in [0.1, 0.15) is 0 Å². The molecule has 1 aromatic rings. The van der Waals surface area contributed by atoms with Gasteiger partial charge in [-0.15, -0.1) is 11.8 Å². The van der Waals surface area contributed by atoms with E-state index in [-0.39, 0.29) is 0 Å². The van der Waals surface area contributed by atoms with E-state index in [0.29, 0.717) is 0 Å². The Bertz CT molecular complexity index is 325. The summed E-state index contributed by atoms with van der Waals surface area (Å²) in [5, 5.41) is 8.67. The highest BCUT2D eigenvalue weighted by molar-refractivity contribution is 7.99. The number of nitriles is 1. The van der Waals surface area contributed by atoms with Gasteiger partial charge in [-0.1, -0.05) is 6.92 Å². The fraction of sp³-hybridized carbons (Fsp3) is 0.364. The second kappa shape index (κ2) is 4.94.